The van der Waals surface area contributed by atoms with Crippen LogP contribution in [0.15, 0.2) is 67.0 Å². The van der Waals surface area contributed by atoms with Gasteiger partial charge in [0.05, 0.1) is 41.2 Å². The Morgan fingerprint density at radius 1 is 1.00 bits per heavy atom. The summed E-state index contributed by atoms with van der Waals surface area (Å²) in [5, 5.41) is 28.4. The number of aromatic nitrogens is 5. The Bertz CT molecular complexity index is 1550. The third kappa shape index (κ3) is 4.96. The molecule has 5 aromatic rings. The summed E-state index contributed by atoms with van der Waals surface area (Å²) < 4.78 is 7.79. The SMILES string of the molecule is OC(O)C[C@H](c1cnc2ccccc2n1)n1ncc2cc(OCCc3ccc4c(n3)NCCC4)ccc21. The number of nitrogens with zero attached hydrogens (tertiary/aromatic N) is 5. The summed E-state index contributed by atoms with van der Waals surface area (Å²) in [4.78, 5) is 14.0. The van der Waals surface area contributed by atoms with Gasteiger partial charge in [0.1, 0.15) is 17.6 Å². The van der Waals surface area contributed by atoms with Crippen molar-refractivity contribution in [3.05, 3.63) is 83.9 Å². The Hall–Kier alpha value is -4.08. The molecule has 3 N–H and O–H groups in total. The van der Waals surface area contributed by atoms with Gasteiger partial charge in [-0.3, -0.25) is 9.67 Å². The van der Waals surface area contributed by atoms with Crippen LogP contribution < -0.4 is 10.1 Å². The van der Waals surface area contributed by atoms with Crippen LogP contribution in [0.2, 0.25) is 0 Å². The van der Waals surface area contributed by atoms with Crippen LogP contribution in [-0.2, 0) is 12.8 Å². The average Bonchev–Trinajstić information content (AvgIpc) is 3.34. The molecule has 2 aromatic carbocycles. The monoisotopic (exact) mass is 496 g/mol. The van der Waals surface area contributed by atoms with Gasteiger partial charge in [0.2, 0.25) is 0 Å². The van der Waals surface area contributed by atoms with Crippen LogP contribution in [0.4, 0.5) is 5.82 Å². The van der Waals surface area contributed by atoms with Gasteiger partial charge in [0, 0.05) is 30.5 Å². The maximum absolute atomic E-state index is 9.81. The molecule has 0 saturated heterocycles. The summed E-state index contributed by atoms with van der Waals surface area (Å²) >= 11 is 0. The third-order valence-electron chi connectivity index (χ3n) is 6.68. The lowest BCUT2D eigenvalue weighted by Gasteiger charge is -2.19. The zero-order valence-corrected chi connectivity index (χ0v) is 20.3. The molecule has 9 nitrogen and oxygen atoms in total. The van der Waals surface area contributed by atoms with E-state index in [-0.39, 0.29) is 6.42 Å². The lowest BCUT2D eigenvalue weighted by Crippen LogP contribution is -2.20. The molecule has 0 aliphatic carbocycles. The number of aliphatic hydroxyl groups is 2. The molecule has 37 heavy (non-hydrogen) atoms. The predicted molar refractivity (Wildman–Crippen MR) is 140 cm³/mol. The van der Waals surface area contributed by atoms with Crippen LogP contribution in [0.25, 0.3) is 21.9 Å². The van der Waals surface area contributed by atoms with E-state index < -0.39 is 12.3 Å². The van der Waals surface area contributed by atoms with E-state index in [1.807, 2.05) is 42.5 Å². The van der Waals surface area contributed by atoms with Crippen molar-refractivity contribution in [1.82, 2.24) is 24.7 Å². The molecule has 0 amide bonds. The molecule has 1 aliphatic rings. The van der Waals surface area contributed by atoms with Crippen molar-refractivity contribution < 1.29 is 14.9 Å². The molecule has 9 heteroatoms. The van der Waals surface area contributed by atoms with E-state index in [1.165, 1.54) is 5.56 Å². The van der Waals surface area contributed by atoms with Gasteiger partial charge in [-0.15, -0.1) is 0 Å². The fourth-order valence-corrected chi connectivity index (χ4v) is 4.83. The summed E-state index contributed by atoms with van der Waals surface area (Å²) in [5.74, 6) is 1.74. The van der Waals surface area contributed by atoms with Crippen LogP contribution in [0.5, 0.6) is 5.75 Å². The summed E-state index contributed by atoms with van der Waals surface area (Å²) in [6.07, 6.45) is 4.87. The number of rotatable bonds is 8. The van der Waals surface area contributed by atoms with Gasteiger partial charge in [-0.1, -0.05) is 18.2 Å². The minimum Gasteiger partial charge on any atom is -0.493 e. The number of hydrogen-bond acceptors (Lipinski definition) is 8. The minimum atomic E-state index is -1.52. The first-order chi connectivity index (χ1) is 18.1. The van der Waals surface area contributed by atoms with E-state index in [2.05, 4.69) is 27.5 Å². The van der Waals surface area contributed by atoms with Crippen LogP contribution in [0.1, 0.15) is 35.8 Å². The second kappa shape index (κ2) is 10.1. The molecule has 4 heterocycles. The Kier molecular flexibility index (Phi) is 6.38. The summed E-state index contributed by atoms with van der Waals surface area (Å²) in [5.41, 5.74) is 5.26. The van der Waals surface area contributed by atoms with Gasteiger partial charge in [0.15, 0.2) is 6.29 Å². The molecule has 0 spiro atoms. The highest BCUT2D eigenvalue weighted by molar-refractivity contribution is 5.80. The molecule has 188 valence electrons. The summed E-state index contributed by atoms with van der Waals surface area (Å²) in [6.45, 7) is 1.48. The van der Waals surface area contributed by atoms with Gasteiger partial charge in [-0.05, 0) is 54.8 Å². The zero-order chi connectivity index (χ0) is 25.2. The van der Waals surface area contributed by atoms with Gasteiger partial charge in [-0.2, -0.15) is 5.10 Å². The summed E-state index contributed by atoms with van der Waals surface area (Å²) in [7, 11) is 0. The number of anilines is 1. The molecule has 0 saturated carbocycles. The van der Waals surface area contributed by atoms with E-state index in [4.69, 9.17) is 14.7 Å². The number of nitrogens with one attached hydrogen (secondary N) is 1. The van der Waals surface area contributed by atoms with Crippen LogP contribution in [-0.4, -0.2) is 54.4 Å². The molecule has 1 aliphatic heterocycles. The third-order valence-corrected chi connectivity index (χ3v) is 6.68. The first kappa shape index (κ1) is 23.3. The number of ether oxygens (including phenoxy) is 1. The second-order valence-electron chi connectivity index (χ2n) is 9.26. The van der Waals surface area contributed by atoms with Crippen molar-refractivity contribution >= 4 is 27.8 Å². The van der Waals surface area contributed by atoms with E-state index in [9.17, 15) is 10.2 Å². The number of hydrogen-bond donors (Lipinski definition) is 3. The Morgan fingerprint density at radius 2 is 1.89 bits per heavy atom. The van der Waals surface area contributed by atoms with Crippen molar-refractivity contribution in [2.75, 3.05) is 18.5 Å². The molecule has 1 atom stereocenters. The largest absolute Gasteiger partial charge is 0.493 e. The average molecular weight is 497 g/mol. The fraction of sp³-hybridized carbons (Fsp3) is 0.286. The predicted octanol–water partition coefficient (Wildman–Crippen LogP) is 3.64. The maximum Gasteiger partial charge on any atom is 0.153 e. The first-order valence-electron chi connectivity index (χ1n) is 12.5. The van der Waals surface area contributed by atoms with Crippen LogP contribution >= 0.6 is 0 Å². The van der Waals surface area contributed by atoms with Crippen molar-refractivity contribution in [1.29, 1.82) is 0 Å². The quantitative estimate of drug-likeness (QED) is 0.279. The number of pyridine rings is 1. The van der Waals surface area contributed by atoms with Crippen molar-refractivity contribution in [3.63, 3.8) is 0 Å². The number of aryl methyl sites for hydroxylation is 1. The van der Waals surface area contributed by atoms with Crippen LogP contribution in [0, 0.1) is 0 Å². The van der Waals surface area contributed by atoms with Gasteiger partial charge in [0.25, 0.3) is 0 Å². The second-order valence-corrected chi connectivity index (χ2v) is 9.26. The lowest BCUT2D eigenvalue weighted by atomic mass is 10.1. The Balaban J connectivity index is 1.20. The number of benzene rings is 2. The van der Waals surface area contributed by atoms with Crippen molar-refractivity contribution in [3.8, 4) is 5.75 Å². The highest BCUT2D eigenvalue weighted by Gasteiger charge is 2.22. The van der Waals surface area contributed by atoms with Crippen molar-refractivity contribution in [2.45, 2.75) is 38.0 Å². The molecule has 0 fully saturated rings. The van der Waals surface area contributed by atoms with E-state index in [0.29, 0.717) is 18.7 Å². The highest BCUT2D eigenvalue weighted by Crippen LogP contribution is 2.29. The maximum atomic E-state index is 9.81. The Morgan fingerprint density at radius 3 is 2.78 bits per heavy atom. The molecular weight excluding hydrogens is 468 g/mol. The molecule has 3 aromatic heterocycles. The Labute approximate surface area is 213 Å². The molecule has 0 unspecified atom stereocenters. The molecule has 0 bridgehead atoms. The number of para-hydroxylation sites is 2. The number of aliphatic hydroxyl groups excluding tert-OH is 1. The smallest absolute Gasteiger partial charge is 0.153 e. The van der Waals surface area contributed by atoms with Gasteiger partial charge >= 0.3 is 0 Å². The number of fused-ring (bicyclic) bond motifs is 3. The van der Waals surface area contributed by atoms with E-state index in [1.54, 1.807) is 17.1 Å². The topological polar surface area (TPSA) is 118 Å². The highest BCUT2D eigenvalue weighted by atomic mass is 16.5. The lowest BCUT2D eigenvalue weighted by molar-refractivity contribution is -0.0523. The van der Waals surface area contributed by atoms with Crippen LogP contribution in [0.3, 0.4) is 0 Å². The standard InChI is InChI=1S/C28H28N6O3/c35-27(36)15-26(24-17-30-22-5-1-2-6-23(22)33-24)34-25-10-9-21(14-19(25)16-31-34)37-13-11-20-8-7-18-4-3-12-29-28(18)32-20/h1-2,5-10,14,16-17,26-27,35-36H,3-4,11-13,15H2,(H,29,32)/t26-/m1/s1. The molecular formula is C28H28N6O3. The van der Waals surface area contributed by atoms with Gasteiger partial charge in [-0.25, -0.2) is 9.97 Å². The fourth-order valence-electron chi connectivity index (χ4n) is 4.83. The van der Waals surface area contributed by atoms with E-state index >= 15 is 0 Å². The first-order valence-corrected chi connectivity index (χ1v) is 12.5. The molecule has 6 rings (SSSR count). The summed E-state index contributed by atoms with van der Waals surface area (Å²) in [6, 6.07) is 17.1. The van der Waals surface area contributed by atoms with Gasteiger partial charge < -0.3 is 20.3 Å². The normalized spacial score (nSPS) is 14.0. The minimum absolute atomic E-state index is 0.0324. The molecule has 0 radical (unpaired) electrons. The van der Waals surface area contributed by atoms with Crippen molar-refractivity contribution in [2.24, 2.45) is 0 Å². The van der Waals surface area contributed by atoms with E-state index in [0.717, 1.165) is 58.6 Å². The zero-order valence-electron chi connectivity index (χ0n) is 20.3.